The fourth-order valence-electron chi connectivity index (χ4n) is 2.88. The maximum absolute atomic E-state index is 12.9. The second-order valence-electron chi connectivity index (χ2n) is 6.42. The quantitative estimate of drug-likeness (QED) is 0.649. The lowest BCUT2D eigenvalue weighted by Crippen LogP contribution is -2.59. The maximum Gasteiger partial charge on any atom is 0.271 e. The van der Waals surface area contributed by atoms with Crippen molar-refractivity contribution in [2.45, 2.75) is 19.4 Å². The Bertz CT molecular complexity index is 894. The van der Waals surface area contributed by atoms with Gasteiger partial charge in [-0.15, -0.1) is 0 Å². The van der Waals surface area contributed by atoms with Crippen LogP contribution in [0.25, 0.3) is 0 Å². The Labute approximate surface area is 150 Å². The van der Waals surface area contributed by atoms with Crippen molar-refractivity contribution in [3.63, 3.8) is 0 Å². The van der Waals surface area contributed by atoms with Crippen molar-refractivity contribution in [3.8, 4) is 0 Å². The zero-order chi connectivity index (χ0) is 18.9. The van der Waals surface area contributed by atoms with E-state index in [1.807, 2.05) is 0 Å². The van der Waals surface area contributed by atoms with Gasteiger partial charge in [-0.25, -0.2) is 0 Å². The van der Waals surface area contributed by atoms with Crippen molar-refractivity contribution in [2.24, 2.45) is 0 Å². The van der Waals surface area contributed by atoms with E-state index in [1.165, 1.54) is 17.0 Å². The molecule has 1 heterocycles. The van der Waals surface area contributed by atoms with Crippen LogP contribution in [0.4, 0.5) is 22.7 Å². The fraction of sp³-hybridized carbons (Fsp3) is 0.222. The largest absolute Gasteiger partial charge is 0.376 e. The Morgan fingerprint density at radius 3 is 2.69 bits per heavy atom. The molecule has 0 aromatic heterocycles. The van der Waals surface area contributed by atoms with E-state index in [-0.39, 0.29) is 24.0 Å². The Morgan fingerprint density at radius 2 is 1.96 bits per heavy atom. The normalized spacial score (nSPS) is 15.0. The first-order chi connectivity index (χ1) is 12.3. The van der Waals surface area contributed by atoms with E-state index in [0.29, 0.717) is 17.1 Å². The summed E-state index contributed by atoms with van der Waals surface area (Å²) in [6.07, 6.45) is 0. The van der Waals surface area contributed by atoms with Crippen molar-refractivity contribution >= 4 is 34.6 Å². The van der Waals surface area contributed by atoms with Gasteiger partial charge in [0.15, 0.2) is 0 Å². The van der Waals surface area contributed by atoms with Gasteiger partial charge in [0.2, 0.25) is 11.8 Å². The number of nitrogens with one attached hydrogen (secondary N) is 2. The highest BCUT2D eigenvalue weighted by molar-refractivity contribution is 6.14. The van der Waals surface area contributed by atoms with Crippen molar-refractivity contribution in [2.75, 3.05) is 22.1 Å². The smallest absolute Gasteiger partial charge is 0.271 e. The molecule has 134 valence electrons. The van der Waals surface area contributed by atoms with Gasteiger partial charge >= 0.3 is 0 Å². The molecule has 8 nitrogen and oxygen atoms in total. The van der Waals surface area contributed by atoms with Crippen LogP contribution < -0.4 is 15.5 Å². The van der Waals surface area contributed by atoms with Crippen molar-refractivity contribution < 1.29 is 14.5 Å². The first kappa shape index (κ1) is 17.4. The van der Waals surface area contributed by atoms with Gasteiger partial charge in [0.1, 0.15) is 5.54 Å². The van der Waals surface area contributed by atoms with Gasteiger partial charge in [-0.2, -0.15) is 0 Å². The molecule has 0 saturated heterocycles. The summed E-state index contributed by atoms with van der Waals surface area (Å²) in [5, 5.41) is 16.5. The van der Waals surface area contributed by atoms with Gasteiger partial charge in [-0.05, 0) is 32.0 Å². The van der Waals surface area contributed by atoms with Gasteiger partial charge in [0, 0.05) is 17.8 Å². The number of carbonyl (C=O) groups is 2. The molecule has 2 aromatic rings. The van der Waals surface area contributed by atoms with E-state index in [9.17, 15) is 19.7 Å². The summed E-state index contributed by atoms with van der Waals surface area (Å²) in [4.78, 5) is 37.1. The molecule has 8 heteroatoms. The van der Waals surface area contributed by atoms with Gasteiger partial charge in [0.05, 0.1) is 22.8 Å². The van der Waals surface area contributed by atoms with Crippen LogP contribution in [0, 0.1) is 10.1 Å². The minimum Gasteiger partial charge on any atom is -0.376 e. The Kier molecular flexibility index (Phi) is 4.33. The van der Waals surface area contributed by atoms with Crippen LogP contribution in [0.15, 0.2) is 48.5 Å². The highest BCUT2D eigenvalue weighted by Gasteiger charge is 2.43. The molecule has 26 heavy (non-hydrogen) atoms. The van der Waals surface area contributed by atoms with E-state index >= 15 is 0 Å². The number of hydrogen-bond acceptors (Lipinski definition) is 5. The van der Waals surface area contributed by atoms with Crippen LogP contribution >= 0.6 is 0 Å². The molecule has 2 N–H and O–H groups in total. The molecule has 0 atom stereocenters. The Balaban J connectivity index is 1.83. The van der Waals surface area contributed by atoms with Crippen molar-refractivity contribution in [1.29, 1.82) is 0 Å². The average molecular weight is 354 g/mol. The summed E-state index contributed by atoms with van der Waals surface area (Å²) in [6, 6.07) is 13.0. The third kappa shape index (κ3) is 3.08. The highest BCUT2D eigenvalue weighted by atomic mass is 16.6. The molecule has 0 unspecified atom stereocenters. The molecule has 3 rings (SSSR count). The van der Waals surface area contributed by atoms with Gasteiger partial charge < -0.3 is 10.6 Å². The molecular formula is C18H18N4O4. The average Bonchev–Trinajstić information content (AvgIpc) is 2.61. The minimum atomic E-state index is -1.06. The first-order valence-electron chi connectivity index (χ1n) is 8.02. The number of nitro benzene ring substituents is 1. The number of fused-ring (bicyclic) bond motifs is 1. The summed E-state index contributed by atoms with van der Waals surface area (Å²) >= 11 is 0. The molecule has 0 bridgehead atoms. The molecule has 2 aromatic carbocycles. The Morgan fingerprint density at radius 1 is 1.23 bits per heavy atom. The number of nitrogens with zero attached hydrogens (tertiary/aromatic N) is 2. The first-order valence-corrected chi connectivity index (χ1v) is 8.02. The van der Waals surface area contributed by atoms with Crippen molar-refractivity contribution in [3.05, 3.63) is 58.6 Å². The van der Waals surface area contributed by atoms with Crippen LogP contribution in [-0.4, -0.2) is 28.8 Å². The third-order valence-electron chi connectivity index (χ3n) is 4.26. The summed E-state index contributed by atoms with van der Waals surface area (Å²) < 4.78 is 0. The molecule has 0 saturated carbocycles. The van der Waals surface area contributed by atoms with Crippen LogP contribution in [0.5, 0.6) is 0 Å². The second kappa shape index (κ2) is 6.47. The standard InChI is InChI=1S/C18H18N4O4/c1-18(2)17(24)20-14-8-3-4-9-15(14)21(18)16(23)11-19-12-6-5-7-13(10-12)22(25)26/h3-10,19H,11H2,1-2H3,(H,20,24). The van der Waals surface area contributed by atoms with Crippen LogP contribution in [0.3, 0.4) is 0 Å². The lowest BCUT2D eigenvalue weighted by atomic mass is 9.96. The van der Waals surface area contributed by atoms with E-state index in [2.05, 4.69) is 10.6 Å². The minimum absolute atomic E-state index is 0.0644. The highest BCUT2D eigenvalue weighted by Crippen LogP contribution is 2.36. The van der Waals surface area contributed by atoms with Crippen LogP contribution in [-0.2, 0) is 9.59 Å². The SMILES string of the molecule is CC1(C)C(=O)Nc2ccccc2N1C(=O)CNc1cccc([N+](=O)[O-])c1. The van der Waals surface area contributed by atoms with E-state index in [4.69, 9.17) is 0 Å². The summed E-state index contributed by atoms with van der Waals surface area (Å²) in [6.45, 7) is 3.24. The maximum atomic E-state index is 12.9. The molecule has 0 fully saturated rings. The molecule has 1 aliphatic rings. The number of nitro groups is 1. The number of non-ortho nitro benzene ring substituents is 1. The molecular weight excluding hydrogens is 336 g/mol. The predicted octanol–water partition coefficient (Wildman–Crippen LogP) is 2.77. The van der Waals surface area contributed by atoms with Crippen molar-refractivity contribution in [1.82, 2.24) is 0 Å². The number of para-hydroxylation sites is 2. The van der Waals surface area contributed by atoms with Gasteiger partial charge in [-0.1, -0.05) is 18.2 Å². The third-order valence-corrected chi connectivity index (χ3v) is 4.26. The zero-order valence-corrected chi connectivity index (χ0v) is 14.4. The monoisotopic (exact) mass is 354 g/mol. The number of benzene rings is 2. The Hall–Kier alpha value is -3.42. The van der Waals surface area contributed by atoms with E-state index in [0.717, 1.165) is 0 Å². The van der Waals surface area contributed by atoms with E-state index < -0.39 is 10.5 Å². The summed E-state index contributed by atoms with van der Waals surface area (Å²) in [5.41, 5.74) is 0.518. The lowest BCUT2D eigenvalue weighted by molar-refractivity contribution is -0.384. The zero-order valence-electron chi connectivity index (χ0n) is 14.4. The molecule has 0 aliphatic carbocycles. The van der Waals surface area contributed by atoms with Gasteiger partial charge in [-0.3, -0.25) is 24.6 Å². The number of anilines is 3. The predicted molar refractivity (Wildman–Crippen MR) is 98.2 cm³/mol. The molecule has 1 aliphatic heterocycles. The van der Waals surface area contributed by atoms with Crippen LogP contribution in [0.1, 0.15) is 13.8 Å². The summed E-state index contributed by atoms with van der Waals surface area (Å²) in [7, 11) is 0. The topological polar surface area (TPSA) is 105 Å². The van der Waals surface area contributed by atoms with Gasteiger partial charge in [0.25, 0.3) is 5.69 Å². The van der Waals surface area contributed by atoms with E-state index in [1.54, 1.807) is 50.2 Å². The number of rotatable bonds is 4. The molecule has 0 spiro atoms. The number of hydrogen-bond donors (Lipinski definition) is 2. The number of carbonyl (C=O) groups excluding carboxylic acids is 2. The number of amides is 2. The van der Waals surface area contributed by atoms with Crippen LogP contribution in [0.2, 0.25) is 0 Å². The summed E-state index contributed by atoms with van der Waals surface area (Å²) in [5.74, 6) is -0.594. The second-order valence-corrected chi connectivity index (χ2v) is 6.42. The molecule has 0 radical (unpaired) electrons. The lowest BCUT2D eigenvalue weighted by Gasteiger charge is -2.42. The molecule has 2 amide bonds. The fourth-order valence-corrected chi connectivity index (χ4v) is 2.88.